The fourth-order valence-corrected chi connectivity index (χ4v) is 3.52. The van der Waals surface area contributed by atoms with E-state index < -0.39 is 0 Å². The Morgan fingerprint density at radius 3 is 2.11 bits per heavy atom. The predicted molar refractivity (Wildman–Crippen MR) is 167 cm³/mol. The molecule has 2 N–H and O–H groups in total. The number of thioether (sulfide) groups is 1. The Morgan fingerprint density at radius 2 is 1.63 bits per heavy atom. The second-order valence-electron chi connectivity index (χ2n) is 7.50. The van der Waals surface area contributed by atoms with Gasteiger partial charge in [-0.3, -0.25) is 0 Å². The van der Waals surface area contributed by atoms with Crippen molar-refractivity contribution in [3.05, 3.63) is 101 Å². The van der Waals surface area contributed by atoms with Crippen LogP contribution in [-0.4, -0.2) is 11.4 Å². The molecule has 0 radical (unpaired) electrons. The minimum absolute atomic E-state index is 0.563. The molecule has 0 heterocycles. The van der Waals surface area contributed by atoms with Gasteiger partial charge in [-0.05, 0) is 75.7 Å². The van der Waals surface area contributed by atoms with Crippen LogP contribution in [0.5, 0.6) is 0 Å². The molecule has 2 rings (SSSR count). The Kier molecular flexibility index (Phi) is 22.6. The maximum atomic E-state index is 5.39. The molecule has 1 unspecified atom stereocenters. The van der Waals surface area contributed by atoms with E-state index in [1.165, 1.54) is 11.1 Å². The molecule has 0 saturated heterocycles. The number of allylic oxidation sites excluding steroid dienone is 3. The van der Waals surface area contributed by atoms with Crippen molar-refractivity contribution in [2.24, 2.45) is 5.92 Å². The van der Waals surface area contributed by atoms with Gasteiger partial charge in [-0.2, -0.15) is 0 Å². The molecule has 0 saturated carbocycles. The number of anilines is 1. The van der Waals surface area contributed by atoms with Gasteiger partial charge in [-0.25, -0.2) is 0 Å². The standard InChI is InChI=1S/C20H28N2S2.C7H8.C2H6.C2H2/c1-6-7-9-15(2)12-13-19(24-5)17(4)21-20(23)22-18-11-8-10-16(3)14-18;1-7-5-3-2-4-6-7;2*1-2/h6-8,10-11,13-15H,4,9,12H2,1-3,5H3,(H2,21,22,23);2-6H,1H3;1-2H3;1-2H/b7-6-,19-13-;;;. The first-order valence-electron chi connectivity index (χ1n) is 11.9. The van der Waals surface area contributed by atoms with E-state index in [-0.39, 0.29) is 0 Å². The van der Waals surface area contributed by atoms with Gasteiger partial charge < -0.3 is 10.6 Å². The minimum Gasteiger partial charge on any atom is -0.332 e. The van der Waals surface area contributed by atoms with Gasteiger partial charge in [0.05, 0.1) is 0 Å². The van der Waals surface area contributed by atoms with Gasteiger partial charge in [0.25, 0.3) is 0 Å². The van der Waals surface area contributed by atoms with Crippen LogP contribution in [0, 0.1) is 32.6 Å². The molecule has 0 spiro atoms. The molecule has 1 atom stereocenters. The molecule has 4 heteroatoms. The quantitative estimate of drug-likeness (QED) is 0.160. The van der Waals surface area contributed by atoms with Gasteiger partial charge in [-0.1, -0.05) is 93.6 Å². The topological polar surface area (TPSA) is 24.1 Å². The van der Waals surface area contributed by atoms with Crippen LogP contribution in [0.25, 0.3) is 0 Å². The lowest BCUT2D eigenvalue weighted by molar-refractivity contribution is 0.602. The minimum atomic E-state index is 0.563. The molecule has 0 fully saturated rings. The molecule has 190 valence electrons. The summed E-state index contributed by atoms with van der Waals surface area (Å²) in [6.07, 6.45) is 18.7. The summed E-state index contributed by atoms with van der Waals surface area (Å²) in [6.45, 7) is 16.6. The molecular weight excluding hydrogens is 464 g/mol. The summed E-state index contributed by atoms with van der Waals surface area (Å²) in [4.78, 5) is 1.13. The van der Waals surface area contributed by atoms with E-state index in [0.717, 1.165) is 29.1 Å². The highest BCUT2D eigenvalue weighted by Crippen LogP contribution is 2.22. The van der Waals surface area contributed by atoms with Crippen LogP contribution in [0.4, 0.5) is 5.69 Å². The van der Waals surface area contributed by atoms with E-state index in [4.69, 9.17) is 12.2 Å². The third-order valence-electron chi connectivity index (χ3n) is 4.48. The van der Waals surface area contributed by atoms with E-state index in [1.54, 1.807) is 11.8 Å². The van der Waals surface area contributed by atoms with Crippen LogP contribution in [0.1, 0.15) is 51.7 Å². The molecule has 0 aliphatic heterocycles. The number of terminal acetylenes is 1. The van der Waals surface area contributed by atoms with E-state index in [1.807, 2.05) is 44.2 Å². The summed E-state index contributed by atoms with van der Waals surface area (Å²) < 4.78 is 0. The third-order valence-corrected chi connectivity index (χ3v) is 5.53. The summed E-state index contributed by atoms with van der Waals surface area (Å²) in [7, 11) is 0. The summed E-state index contributed by atoms with van der Waals surface area (Å²) in [5.74, 6) is 0.619. The molecule has 0 aromatic heterocycles. The first-order chi connectivity index (χ1) is 16.8. The Balaban J connectivity index is 0. The number of aryl methyl sites for hydroxylation is 2. The Morgan fingerprint density at radius 1 is 1.03 bits per heavy atom. The first kappa shape index (κ1) is 34.4. The fourth-order valence-electron chi connectivity index (χ4n) is 2.72. The lowest BCUT2D eigenvalue weighted by Gasteiger charge is -2.15. The lowest BCUT2D eigenvalue weighted by Crippen LogP contribution is -2.27. The zero-order chi connectivity index (χ0) is 27.1. The second-order valence-corrected chi connectivity index (χ2v) is 8.76. The number of hydrogen-bond acceptors (Lipinski definition) is 2. The summed E-state index contributed by atoms with van der Waals surface area (Å²) in [6, 6.07) is 18.4. The number of hydrogen-bond donors (Lipinski definition) is 2. The van der Waals surface area contributed by atoms with E-state index >= 15 is 0 Å². The van der Waals surface area contributed by atoms with Gasteiger partial charge in [0.1, 0.15) is 0 Å². The molecule has 35 heavy (non-hydrogen) atoms. The zero-order valence-corrected chi connectivity index (χ0v) is 24.2. The average molecular weight is 509 g/mol. The number of benzene rings is 2. The Hall–Kier alpha value is -2.74. The van der Waals surface area contributed by atoms with Crippen LogP contribution >= 0.6 is 24.0 Å². The maximum absolute atomic E-state index is 5.39. The van der Waals surface area contributed by atoms with Crippen molar-refractivity contribution >= 4 is 34.8 Å². The molecule has 0 amide bonds. The number of nitrogens with one attached hydrogen (secondary N) is 2. The number of thiocarbonyl (C=S) groups is 1. The average Bonchev–Trinajstić information content (AvgIpc) is 2.86. The highest BCUT2D eigenvalue weighted by atomic mass is 32.2. The highest BCUT2D eigenvalue weighted by molar-refractivity contribution is 8.02. The summed E-state index contributed by atoms with van der Waals surface area (Å²) >= 11 is 7.08. The molecule has 0 bridgehead atoms. The van der Waals surface area contributed by atoms with Crippen LogP contribution in [0.3, 0.4) is 0 Å². The van der Waals surface area contributed by atoms with Crippen molar-refractivity contribution in [1.82, 2.24) is 5.32 Å². The Bertz CT molecular complexity index is 912. The van der Waals surface area contributed by atoms with Crippen LogP contribution < -0.4 is 10.6 Å². The van der Waals surface area contributed by atoms with E-state index in [2.05, 4.69) is 107 Å². The number of rotatable bonds is 8. The van der Waals surface area contributed by atoms with Gasteiger partial charge in [0, 0.05) is 16.3 Å². The normalized spacial score (nSPS) is 10.8. The second kappa shape index (κ2) is 23.0. The SMILES string of the molecule is C#C.C=C(NC(=S)Nc1cccc(C)c1)/C(=C/CC(C)C/C=C\C)SC.CC.Cc1ccccc1. The molecule has 2 nitrogen and oxygen atoms in total. The van der Waals surface area contributed by atoms with Crippen LogP contribution in [0.15, 0.2) is 90.0 Å². The smallest absolute Gasteiger partial charge is 0.175 e. The zero-order valence-electron chi connectivity index (χ0n) is 22.6. The van der Waals surface area contributed by atoms with Crippen molar-refractivity contribution in [3.8, 4) is 12.8 Å². The van der Waals surface area contributed by atoms with Crippen LogP contribution in [0.2, 0.25) is 0 Å². The Labute approximate surface area is 225 Å². The largest absolute Gasteiger partial charge is 0.332 e. The summed E-state index contributed by atoms with van der Waals surface area (Å²) in [5, 5.41) is 6.95. The van der Waals surface area contributed by atoms with Crippen molar-refractivity contribution in [2.75, 3.05) is 11.6 Å². The van der Waals surface area contributed by atoms with Gasteiger partial charge >= 0.3 is 0 Å². The van der Waals surface area contributed by atoms with E-state index in [0.29, 0.717) is 11.0 Å². The lowest BCUT2D eigenvalue weighted by atomic mass is 10.0. The molecule has 2 aromatic carbocycles. The van der Waals surface area contributed by atoms with Gasteiger partial charge in [-0.15, -0.1) is 24.6 Å². The molecule has 2 aromatic rings. The molecule has 0 aliphatic rings. The van der Waals surface area contributed by atoms with Crippen molar-refractivity contribution in [1.29, 1.82) is 0 Å². The third kappa shape index (κ3) is 18.3. The van der Waals surface area contributed by atoms with E-state index in [9.17, 15) is 0 Å². The molecular formula is C31H44N2S2. The monoisotopic (exact) mass is 508 g/mol. The van der Waals surface area contributed by atoms with Crippen molar-refractivity contribution < 1.29 is 0 Å². The fraction of sp³-hybridized carbons (Fsp3) is 0.323. The highest BCUT2D eigenvalue weighted by Gasteiger charge is 2.06. The molecule has 0 aliphatic carbocycles. The first-order valence-corrected chi connectivity index (χ1v) is 13.5. The predicted octanol–water partition coefficient (Wildman–Crippen LogP) is 9.31. The van der Waals surface area contributed by atoms with Gasteiger partial charge in [0.15, 0.2) is 5.11 Å². The van der Waals surface area contributed by atoms with Crippen molar-refractivity contribution in [3.63, 3.8) is 0 Å². The maximum Gasteiger partial charge on any atom is 0.175 e. The summed E-state index contributed by atoms with van der Waals surface area (Å²) in [5.41, 5.74) is 4.34. The van der Waals surface area contributed by atoms with Gasteiger partial charge in [0.2, 0.25) is 0 Å². The van der Waals surface area contributed by atoms with Crippen molar-refractivity contribution in [2.45, 2.75) is 54.4 Å². The van der Waals surface area contributed by atoms with Crippen LogP contribution in [-0.2, 0) is 0 Å².